The highest BCUT2D eigenvalue weighted by molar-refractivity contribution is 14.1. The molecule has 1 aromatic carbocycles. The fourth-order valence-electron chi connectivity index (χ4n) is 1.72. The molecule has 0 radical (unpaired) electrons. The first-order valence-electron chi connectivity index (χ1n) is 5.84. The zero-order valence-electron chi connectivity index (χ0n) is 11.5. The molecule has 0 aliphatic rings. The van der Waals surface area contributed by atoms with Gasteiger partial charge in [0.05, 0.1) is 23.4 Å². The second kappa shape index (κ2) is 6.38. The molecule has 0 fully saturated rings. The van der Waals surface area contributed by atoms with Crippen LogP contribution in [0.1, 0.15) is 10.5 Å². The van der Waals surface area contributed by atoms with Crippen molar-refractivity contribution < 1.29 is 23.0 Å². The molecular weight excluding hydrogens is 411 g/mol. The second-order valence-corrected chi connectivity index (χ2v) is 5.19. The van der Waals surface area contributed by atoms with E-state index in [4.69, 9.17) is 10.5 Å². The number of hydrogen-bond donors (Lipinski definition) is 1. The molecule has 0 saturated heterocycles. The Hall–Kier alpha value is -2.04. The van der Waals surface area contributed by atoms with E-state index in [9.17, 15) is 13.6 Å². The number of carbonyl (C=O) groups is 1. The van der Waals surface area contributed by atoms with Gasteiger partial charge in [-0.1, -0.05) is 0 Å². The van der Waals surface area contributed by atoms with Crippen molar-refractivity contribution in [1.29, 1.82) is 0 Å². The highest BCUT2D eigenvalue weighted by atomic mass is 127. The normalized spacial score (nSPS) is 10.4. The maximum Gasteiger partial charge on any atom is 0.360 e. The van der Waals surface area contributed by atoms with Gasteiger partial charge in [0, 0.05) is 0 Å². The zero-order valence-corrected chi connectivity index (χ0v) is 13.6. The van der Waals surface area contributed by atoms with Gasteiger partial charge < -0.3 is 15.2 Å². The largest absolute Gasteiger partial charge is 0.491 e. The van der Waals surface area contributed by atoms with Crippen LogP contribution in [0.3, 0.4) is 0 Å². The van der Waals surface area contributed by atoms with Crippen molar-refractivity contribution in [2.75, 3.05) is 20.0 Å². The van der Waals surface area contributed by atoms with E-state index in [1.165, 1.54) is 19.2 Å². The molecule has 1 aromatic heterocycles. The number of benzene rings is 1. The Balaban J connectivity index is 2.70. The Bertz CT molecular complexity index is 756. The molecule has 0 aliphatic carbocycles. The predicted molar refractivity (Wildman–Crippen MR) is 82.4 cm³/mol. The van der Waals surface area contributed by atoms with E-state index in [0.717, 1.165) is 7.11 Å². The molecule has 0 atom stereocenters. The van der Waals surface area contributed by atoms with E-state index in [-0.39, 0.29) is 32.2 Å². The molecule has 0 aliphatic heterocycles. The number of methoxy groups -OCH3 is 2. The highest BCUT2D eigenvalue weighted by Gasteiger charge is 2.23. The summed E-state index contributed by atoms with van der Waals surface area (Å²) in [5.74, 6) is -3.53. The lowest BCUT2D eigenvalue weighted by Gasteiger charge is -2.11. The monoisotopic (exact) mass is 421 g/mol. The van der Waals surface area contributed by atoms with Crippen molar-refractivity contribution in [2.24, 2.45) is 0 Å². The van der Waals surface area contributed by atoms with Gasteiger partial charge in [0.1, 0.15) is 0 Å². The van der Waals surface area contributed by atoms with Crippen molar-refractivity contribution in [3.63, 3.8) is 0 Å². The molecule has 2 N–H and O–H groups in total. The van der Waals surface area contributed by atoms with Crippen LogP contribution in [-0.4, -0.2) is 30.2 Å². The first kappa shape index (κ1) is 16.3. The Labute approximate surface area is 137 Å². The van der Waals surface area contributed by atoms with E-state index < -0.39 is 17.6 Å². The third-order valence-corrected chi connectivity index (χ3v) is 3.58. The lowest BCUT2D eigenvalue weighted by Crippen LogP contribution is -2.12. The van der Waals surface area contributed by atoms with E-state index >= 15 is 0 Å². The van der Waals surface area contributed by atoms with E-state index in [2.05, 4.69) is 14.7 Å². The number of nitrogen functional groups attached to an aromatic ring is 1. The quantitative estimate of drug-likeness (QED) is 0.466. The van der Waals surface area contributed by atoms with E-state index in [1.807, 2.05) is 0 Å². The number of rotatable bonds is 3. The molecule has 1 heterocycles. The summed E-state index contributed by atoms with van der Waals surface area (Å²) >= 11 is 1.65. The molecule has 0 saturated carbocycles. The number of esters is 1. The Morgan fingerprint density at radius 3 is 2.50 bits per heavy atom. The highest BCUT2D eigenvalue weighted by Crippen LogP contribution is 2.30. The Morgan fingerprint density at radius 1 is 1.23 bits per heavy atom. The van der Waals surface area contributed by atoms with Crippen LogP contribution >= 0.6 is 22.6 Å². The molecule has 0 amide bonds. The molecule has 2 rings (SSSR count). The number of aromatic nitrogens is 2. The number of nitrogens with zero attached hydrogens (tertiary/aromatic N) is 2. The van der Waals surface area contributed by atoms with Gasteiger partial charge in [0.2, 0.25) is 0 Å². The molecule has 0 spiro atoms. The minimum atomic E-state index is -1.13. The molecule has 0 unspecified atom stereocenters. The lowest BCUT2D eigenvalue weighted by molar-refractivity contribution is 0.0590. The smallest absolute Gasteiger partial charge is 0.360 e. The standard InChI is InChI=1S/C13H10F2IN3O3/c1-21-10-9(13(20)22-2)18-12(19-11(10)17)5-3-4-6(16)8(15)7(5)14/h3-4H,1-2H3,(H2,17,18,19). The Kier molecular flexibility index (Phi) is 4.74. The lowest BCUT2D eigenvalue weighted by atomic mass is 10.2. The average molecular weight is 421 g/mol. The van der Waals surface area contributed by atoms with Crippen LogP contribution in [-0.2, 0) is 4.74 Å². The summed E-state index contributed by atoms with van der Waals surface area (Å²) in [5, 5.41) is 0. The fourth-order valence-corrected chi connectivity index (χ4v) is 2.14. The summed E-state index contributed by atoms with van der Waals surface area (Å²) in [5.41, 5.74) is 5.18. The number of halogens is 3. The van der Waals surface area contributed by atoms with Crippen molar-refractivity contribution in [1.82, 2.24) is 9.97 Å². The van der Waals surface area contributed by atoms with Crippen LogP contribution in [0, 0.1) is 15.2 Å². The fraction of sp³-hybridized carbons (Fsp3) is 0.154. The van der Waals surface area contributed by atoms with Crippen molar-refractivity contribution in [3.8, 4) is 17.1 Å². The third-order valence-electron chi connectivity index (χ3n) is 2.75. The summed E-state index contributed by atoms with van der Waals surface area (Å²) in [7, 11) is 2.41. The van der Waals surface area contributed by atoms with E-state index in [1.54, 1.807) is 22.6 Å². The molecule has 116 valence electrons. The number of anilines is 1. The molecule has 6 nitrogen and oxygen atoms in total. The van der Waals surface area contributed by atoms with E-state index in [0.29, 0.717) is 0 Å². The first-order valence-corrected chi connectivity index (χ1v) is 6.92. The van der Waals surface area contributed by atoms with Crippen LogP contribution in [0.25, 0.3) is 11.4 Å². The Morgan fingerprint density at radius 2 is 1.91 bits per heavy atom. The van der Waals surface area contributed by atoms with Crippen LogP contribution in [0.5, 0.6) is 5.75 Å². The maximum absolute atomic E-state index is 14.0. The zero-order chi connectivity index (χ0) is 16.4. The van der Waals surface area contributed by atoms with Crippen LogP contribution in [0.2, 0.25) is 0 Å². The van der Waals surface area contributed by atoms with Gasteiger partial charge in [-0.25, -0.2) is 23.5 Å². The van der Waals surface area contributed by atoms with Crippen molar-refractivity contribution in [3.05, 3.63) is 33.0 Å². The van der Waals surface area contributed by atoms with Gasteiger partial charge >= 0.3 is 5.97 Å². The molecule has 22 heavy (non-hydrogen) atoms. The summed E-state index contributed by atoms with van der Waals surface area (Å²) in [6, 6.07) is 2.65. The minimum Gasteiger partial charge on any atom is -0.491 e. The summed E-state index contributed by atoms with van der Waals surface area (Å²) in [6.07, 6.45) is 0. The average Bonchev–Trinajstić information content (AvgIpc) is 2.51. The summed E-state index contributed by atoms with van der Waals surface area (Å²) < 4.78 is 37.3. The van der Waals surface area contributed by atoms with Gasteiger partial charge in [-0.15, -0.1) is 0 Å². The number of carbonyl (C=O) groups excluding carboxylic acids is 1. The minimum absolute atomic E-state index is 0.0954. The van der Waals surface area contributed by atoms with Gasteiger partial charge in [-0.05, 0) is 34.7 Å². The SMILES string of the molecule is COC(=O)c1nc(-c2ccc(I)c(F)c2F)nc(N)c1OC. The van der Waals surface area contributed by atoms with Crippen LogP contribution in [0.4, 0.5) is 14.6 Å². The second-order valence-electron chi connectivity index (χ2n) is 4.03. The van der Waals surface area contributed by atoms with Gasteiger partial charge in [0.15, 0.2) is 34.7 Å². The third kappa shape index (κ3) is 2.80. The van der Waals surface area contributed by atoms with Crippen LogP contribution < -0.4 is 10.5 Å². The number of ether oxygens (including phenoxy) is 2. The number of hydrogen-bond acceptors (Lipinski definition) is 6. The van der Waals surface area contributed by atoms with Gasteiger partial charge in [-0.2, -0.15) is 0 Å². The first-order chi connectivity index (χ1) is 10.4. The number of nitrogens with two attached hydrogens (primary N) is 1. The maximum atomic E-state index is 14.0. The molecule has 2 aromatic rings. The predicted octanol–water partition coefficient (Wildman–Crippen LogP) is 2.40. The van der Waals surface area contributed by atoms with Gasteiger partial charge in [0.25, 0.3) is 0 Å². The molecule has 0 bridgehead atoms. The molecular formula is C13H10F2IN3O3. The van der Waals surface area contributed by atoms with Crippen LogP contribution in [0.15, 0.2) is 12.1 Å². The van der Waals surface area contributed by atoms with Crippen molar-refractivity contribution in [2.45, 2.75) is 0 Å². The summed E-state index contributed by atoms with van der Waals surface area (Å²) in [6.45, 7) is 0. The molecule has 9 heteroatoms. The van der Waals surface area contributed by atoms with Crippen molar-refractivity contribution >= 4 is 34.4 Å². The summed E-state index contributed by atoms with van der Waals surface area (Å²) in [4.78, 5) is 19.4. The topological polar surface area (TPSA) is 87.3 Å². The van der Waals surface area contributed by atoms with Gasteiger partial charge in [-0.3, -0.25) is 0 Å².